The highest BCUT2D eigenvalue weighted by molar-refractivity contribution is 6.30. The normalized spacial score (nSPS) is 17.7. The van der Waals surface area contributed by atoms with Gasteiger partial charge in [-0.3, -0.25) is 0 Å². The molecule has 21 heavy (non-hydrogen) atoms. The molecule has 0 heterocycles. The Kier molecular flexibility index (Phi) is 6.07. The molecule has 1 aromatic carbocycles. The third kappa shape index (κ3) is 4.96. The summed E-state index contributed by atoms with van der Waals surface area (Å²) in [4.78, 5) is 0. The number of rotatable bonds is 9. The molecule has 2 rings (SSSR count). The van der Waals surface area contributed by atoms with Crippen molar-refractivity contribution in [3.05, 3.63) is 34.6 Å². The smallest absolute Gasteiger partial charge is 0.126 e. The summed E-state index contributed by atoms with van der Waals surface area (Å²) in [6.45, 7) is 5.43. The molecule has 0 spiro atoms. The van der Waals surface area contributed by atoms with Gasteiger partial charge in [-0.15, -0.1) is 0 Å². The second-order valence-electron chi connectivity index (χ2n) is 6.52. The Hall–Kier alpha value is -0.600. The van der Waals surface area contributed by atoms with Crippen molar-refractivity contribution in [2.75, 3.05) is 6.54 Å². The maximum Gasteiger partial charge on any atom is 0.126 e. The molecule has 1 aliphatic rings. The van der Waals surface area contributed by atoms with Crippen LogP contribution in [0.25, 0.3) is 0 Å². The zero-order valence-electron chi connectivity index (χ0n) is 13.2. The predicted octanol–water partition coefficient (Wildman–Crippen LogP) is 5.36. The Labute approximate surface area is 133 Å². The summed E-state index contributed by atoms with van der Waals surface area (Å²) in [5, 5.41) is 4.28. The zero-order valence-corrected chi connectivity index (χ0v) is 14.0. The van der Waals surface area contributed by atoms with Gasteiger partial charge >= 0.3 is 0 Å². The number of benzene rings is 1. The van der Waals surface area contributed by atoms with E-state index in [1.807, 2.05) is 0 Å². The fourth-order valence-corrected chi connectivity index (χ4v) is 3.14. The van der Waals surface area contributed by atoms with Crippen molar-refractivity contribution in [2.24, 2.45) is 5.41 Å². The van der Waals surface area contributed by atoms with Gasteiger partial charge in [0, 0.05) is 17.6 Å². The van der Waals surface area contributed by atoms with E-state index in [4.69, 9.17) is 11.6 Å². The van der Waals surface area contributed by atoms with E-state index < -0.39 is 0 Å². The third-order valence-corrected chi connectivity index (χ3v) is 4.96. The highest BCUT2D eigenvalue weighted by Gasteiger charge is 2.31. The first-order valence-electron chi connectivity index (χ1n) is 8.26. The summed E-state index contributed by atoms with van der Waals surface area (Å²) >= 11 is 6.05. The number of hydrogen-bond donors (Lipinski definition) is 1. The van der Waals surface area contributed by atoms with E-state index in [2.05, 4.69) is 19.2 Å². The van der Waals surface area contributed by atoms with Crippen LogP contribution < -0.4 is 5.32 Å². The van der Waals surface area contributed by atoms with Crippen molar-refractivity contribution in [1.29, 1.82) is 0 Å². The zero-order chi connectivity index (χ0) is 15.3. The summed E-state index contributed by atoms with van der Waals surface area (Å²) < 4.78 is 14.1. The summed E-state index contributed by atoms with van der Waals surface area (Å²) in [7, 11) is 0. The average molecular weight is 312 g/mol. The molecule has 0 aromatic heterocycles. The fraction of sp³-hybridized carbons (Fsp3) is 0.667. The van der Waals surface area contributed by atoms with Crippen LogP contribution in [0.1, 0.15) is 57.9 Å². The number of unbranched alkanes of at least 4 members (excludes halogenated alkanes) is 1. The number of hydrogen-bond acceptors (Lipinski definition) is 1. The van der Waals surface area contributed by atoms with Crippen molar-refractivity contribution in [3.8, 4) is 0 Å². The van der Waals surface area contributed by atoms with Crippen LogP contribution in [0, 0.1) is 11.2 Å². The maximum absolute atomic E-state index is 14.1. The highest BCUT2D eigenvalue weighted by Crippen LogP contribution is 2.35. The molecule has 1 N–H and O–H groups in total. The molecule has 0 radical (unpaired) electrons. The van der Waals surface area contributed by atoms with Crippen molar-refractivity contribution < 1.29 is 4.39 Å². The van der Waals surface area contributed by atoms with Crippen LogP contribution in [0.4, 0.5) is 4.39 Å². The molecular weight excluding hydrogens is 285 g/mol. The van der Waals surface area contributed by atoms with Gasteiger partial charge in [-0.05, 0) is 61.3 Å². The van der Waals surface area contributed by atoms with Crippen LogP contribution in [0.3, 0.4) is 0 Å². The molecule has 0 amide bonds. The van der Waals surface area contributed by atoms with E-state index in [1.165, 1.54) is 31.7 Å². The minimum absolute atomic E-state index is 0.125. The number of halogens is 2. The molecule has 1 fully saturated rings. The van der Waals surface area contributed by atoms with Crippen molar-refractivity contribution in [1.82, 2.24) is 5.32 Å². The lowest BCUT2D eigenvalue weighted by atomic mass is 9.75. The van der Waals surface area contributed by atoms with E-state index in [0.29, 0.717) is 11.1 Å². The monoisotopic (exact) mass is 311 g/mol. The van der Waals surface area contributed by atoms with E-state index in [9.17, 15) is 4.39 Å². The summed E-state index contributed by atoms with van der Waals surface area (Å²) in [5.74, 6) is -0.125. The molecule has 1 saturated carbocycles. The van der Waals surface area contributed by atoms with Gasteiger partial charge in [-0.2, -0.15) is 0 Å². The van der Waals surface area contributed by atoms with Crippen LogP contribution in [0.2, 0.25) is 5.02 Å². The van der Waals surface area contributed by atoms with Gasteiger partial charge in [0.15, 0.2) is 0 Å². The molecule has 0 bridgehead atoms. The minimum atomic E-state index is -0.125. The Bertz CT molecular complexity index is 459. The van der Waals surface area contributed by atoms with E-state index >= 15 is 0 Å². The summed E-state index contributed by atoms with van der Waals surface area (Å²) in [6.07, 6.45) is 7.95. The van der Waals surface area contributed by atoms with E-state index in [1.54, 1.807) is 12.1 Å². The molecular formula is C18H27ClFN. The first-order valence-corrected chi connectivity index (χ1v) is 8.63. The SMILES string of the molecule is CCCCC(CC)(CNC1CC1)Cc1cc(Cl)ccc1F. The van der Waals surface area contributed by atoms with Crippen LogP contribution in [-0.4, -0.2) is 12.6 Å². The van der Waals surface area contributed by atoms with Gasteiger partial charge in [0.05, 0.1) is 0 Å². The molecule has 1 atom stereocenters. The maximum atomic E-state index is 14.1. The van der Waals surface area contributed by atoms with Gasteiger partial charge in [-0.25, -0.2) is 4.39 Å². The first-order chi connectivity index (χ1) is 10.1. The Morgan fingerprint density at radius 1 is 1.33 bits per heavy atom. The van der Waals surface area contributed by atoms with Crippen LogP contribution in [0.5, 0.6) is 0 Å². The molecule has 118 valence electrons. The number of nitrogens with one attached hydrogen (secondary N) is 1. The van der Waals surface area contributed by atoms with E-state index in [0.717, 1.165) is 31.4 Å². The van der Waals surface area contributed by atoms with Crippen LogP contribution in [0.15, 0.2) is 18.2 Å². The predicted molar refractivity (Wildman–Crippen MR) is 88.4 cm³/mol. The second kappa shape index (κ2) is 7.60. The molecule has 0 saturated heterocycles. The Morgan fingerprint density at radius 3 is 2.71 bits per heavy atom. The lowest BCUT2D eigenvalue weighted by molar-refractivity contribution is 0.226. The highest BCUT2D eigenvalue weighted by atomic mass is 35.5. The van der Waals surface area contributed by atoms with Crippen molar-refractivity contribution >= 4 is 11.6 Å². The van der Waals surface area contributed by atoms with Gasteiger partial charge in [-0.1, -0.05) is 38.3 Å². The van der Waals surface area contributed by atoms with Gasteiger partial charge in [0.25, 0.3) is 0 Å². The van der Waals surface area contributed by atoms with Gasteiger partial charge < -0.3 is 5.32 Å². The Morgan fingerprint density at radius 2 is 2.10 bits per heavy atom. The van der Waals surface area contributed by atoms with Gasteiger partial charge in [0.1, 0.15) is 5.82 Å². The third-order valence-electron chi connectivity index (χ3n) is 4.73. The fourth-order valence-electron chi connectivity index (χ4n) is 2.95. The van der Waals surface area contributed by atoms with Crippen LogP contribution >= 0.6 is 11.6 Å². The minimum Gasteiger partial charge on any atom is -0.313 e. The molecule has 1 unspecified atom stereocenters. The molecule has 0 aliphatic heterocycles. The lowest BCUT2D eigenvalue weighted by Crippen LogP contribution is -2.37. The second-order valence-corrected chi connectivity index (χ2v) is 6.96. The first kappa shape index (κ1) is 16.8. The topological polar surface area (TPSA) is 12.0 Å². The van der Waals surface area contributed by atoms with Gasteiger partial charge in [0.2, 0.25) is 0 Å². The summed E-state index contributed by atoms with van der Waals surface area (Å²) in [5.41, 5.74) is 0.905. The quantitative estimate of drug-likeness (QED) is 0.647. The van der Waals surface area contributed by atoms with Crippen molar-refractivity contribution in [3.63, 3.8) is 0 Å². The Balaban J connectivity index is 2.13. The largest absolute Gasteiger partial charge is 0.313 e. The molecule has 1 aromatic rings. The van der Waals surface area contributed by atoms with Crippen LogP contribution in [-0.2, 0) is 6.42 Å². The van der Waals surface area contributed by atoms with Crippen molar-refractivity contribution in [2.45, 2.75) is 64.8 Å². The van der Waals surface area contributed by atoms with E-state index in [-0.39, 0.29) is 11.2 Å². The summed E-state index contributed by atoms with van der Waals surface area (Å²) in [6, 6.07) is 5.61. The molecule has 1 nitrogen and oxygen atoms in total. The molecule has 3 heteroatoms. The average Bonchev–Trinajstić information content (AvgIpc) is 3.30. The lowest BCUT2D eigenvalue weighted by Gasteiger charge is -2.34. The molecule has 1 aliphatic carbocycles. The standard InChI is InChI=1S/C18H27ClFN/c1-3-5-10-18(4-2,13-21-16-7-8-16)12-14-11-15(19)6-9-17(14)20/h6,9,11,16,21H,3-5,7-8,10,12-13H2,1-2H3.